The lowest BCUT2D eigenvalue weighted by Gasteiger charge is -2.17. The first-order chi connectivity index (χ1) is 9.31. The number of nitrogens with zero attached hydrogens (tertiary/aromatic N) is 1. The topological polar surface area (TPSA) is 115 Å². The Hall–Kier alpha value is -2.44. The molecule has 0 aliphatic rings. The number of primary amides is 1. The Morgan fingerprint density at radius 3 is 2.25 bits per heavy atom. The summed E-state index contributed by atoms with van der Waals surface area (Å²) >= 11 is 0. The molecule has 7 nitrogen and oxygen atoms in total. The zero-order chi connectivity index (χ0) is 15.3. The molecule has 7 heteroatoms. The maximum Gasteiger partial charge on any atom is 0.269 e. The number of carbonyl (C=O) groups excluding carboxylic acids is 2. The van der Waals surface area contributed by atoms with Crippen LogP contribution in [0, 0.1) is 16.0 Å². The van der Waals surface area contributed by atoms with E-state index < -0.39 is 16.9 Å². The van der Waals surface area contributed by atoms with Crippen LogP contribution in [0.1, 0.15) is 19.4 Å². The van der Waals surface area contributed by atoms with Crippen molar-refractivity contribution >= 4 is 17.5 Å². The predicted octanol–water partition coefficient (Wildman–Crippen LogP) is 0.763. The number of carbonyl (C=O) groups is 2. The quantitative estimate of drug-likeness (QED) is 0.590. The summed E-state index contributed by atoms with van der Waals surface area (Å²) in [4.78, 5) is 33.0. The van der Waals surface area contributed by atoms with Crippen LogP contribution in [0.5, 0.6) is 0 Å². The van der Waals surface area contributed by atoms with E-state index in [4.69, 9.17) is 5.73 Å². The third-order valence-electron chi connectivity index (χ3n) is 2.77. The SMILES string of the molecule is CC(C)C(=O)N[C@H](Cc1ccc([N+](=O)[O-])cc1)C(N)=O. The number of nitrogens with two attached hydrogens (primary N) is 1. The van der Waals surface area contributed by atoms with Gasteiger partial charge in [-0.3, -0.25) is 19.7 Å². The Kier molecular flexibility index (Phi) is 5.19. The second kappa shape index (κ2) is 6.65. The maximum atomic E-state index is 11.6. The first-order valence-electron chi connectivity index (χ1n) is 6.14. The number of nitro groups is 1. The van der Waals surface area contributed by atoms with Crippen molar-refractivity contribution in [3.8, 4) is 0 Å². The van der Waals surface area contributed by atoms with E-state index in [1.807, 2.05) is 0 Å². The third kappa shape index (κ3) is 4.34. The van der Waals surface area contributed by atoms with Crippen molar-refractivity contribution in [3.63, 3.8) is 0 Å². The van der Waals surface area contributed by atoms with E-state index in [1.54, 1.807) is 13.8 Å². The van der Waals surface area contributed by atoms with Crippen molar-refractivity contribution in [1.82, 2.24) is 5.32 Å². The molecule has 0 aromatic heterocycles. The normalized spacial score (nSPS) is 11.9. The van der Waals surface area contributed by atoms with Crippen LogP contribution in [-0.2, 0) is 16.0 Å². The Morgan fingerprint density at radius 1 is 1.30 bits per heavy atom. The molecule has 0 aliphatic carbocycles. The zero-order valence-corrected chi connectivity index (χ0v) is 11.3. The number of nitrogens with one attached hydrogen (secondary N) is 1. The van der Waals surface area contributed by atoms with Crippen molar-refractivity contribution in [2.75, 3.05) is 0 Å². The lowest BCUT2D eigenvalue weighted by molar-refractivity contribution is -0.384. The lowest BCUT2D eigenvalue weighted by Crippen LogP contribution is -2.47. The molecule has 1 atom stereocenters. The molecule has 2 amide bonds. The van der Waals surface area contributed by atoms with Gasteiger partial charge in [0.15, 0.2) is 0 Å². The Bertz CT molecular complexity index is 511. The highest BCUT2D eigenvalue weighted by molar-refractivity contribution is 5.87. The number of non-ortho nitro benzene ring substituents is 1. The molecule has 1 aromatic carbocycles. The molecule has 0 spiro atoms. The van der Waals surface area contributed by atoms with E-state index in [-0.39, 0.29) is 23.9 Å². The predicted molar refractivity (Wildman–Crippen MR) is 72.8 cm³/mol. The largest absolute Gasteiger partial charge is 0.368 e. The van der Waals surface area contributed by atoms with Crippen molar-refractivity contribution in [2.45, 2.75) is 26.3 Å². The molecule has 0 heterocycles. The van der Waals surface area contributed by atoms with Gasteiger partial charge in [-0.1, -0.05) is 26.0 Å². The molecule has 0 saturated carbocycles. The van der Waals surface area contributed by atoms with Crippen LogP contribution in [-0.4, -0.2) is 22.8 Å². The standard InChI is InChI=1S/C13H17N3O4/c1-8(2)13(18)15-11(12(14)17)7-9-3-5-10(6-4-9)16(19)20/h3-6,8,11H,7H2,1-2H3,(H2,14,17)(H,15,18)/t11-/m1/s1. The summed E-state index contributed by atoms with van der Waals surface area (Å²) in [7, 11) is 0. The molecule has 1 aromatic rings. The van der Waals surface area contributed by atoms with E-state index in [9.17, 15) is 19.7 Å². The van der Waals surface area contributed by atoms with Gasteiger partial charge in [-0.05, 0) is 5.56 Å². The minimum Gasteiger partial charge on any atom is -0.368 e. The number of benzene rings is 1. The van der Waals surface area contributed by atoms with E-state index in [1.165, 1.54) is 24.3 Å². The molecule has 0 aliphatic heterocycles. The summed E-state index contributed by atoms with van der Waals surface area (Å²) in [6.07, 6.45) is 0.200. The highest BCUT2D eigenvalue weighted by Crippen LogP contribution is 2.13. The van der Waals surface area contributed by atoms with Crippen molar-refractivity contribution < 1.29 is 14.5 Å². The second-order valence-electron chi connectivity index (χ2n) is 4.75. The van der Waals surface area contributed by atoms with Crippen LogP contribution in [0.4, 0.5) is 5.69 Å². The molecular formula is C13H17N3O4. The molecule has 20 heavy (non-hydrogen) atoms. The number of hydrogen-bond donors (Lipinski definition) is 2. The number of hydrogen-bond acceptors (Lipinski definition) is 4. The number of amides is 2. The van der Waals surface area contributed by atoms with Gasteiger partial charge in [0.25, 0.3) is 5.69 Å². The third-order valence-corrected chi connectivity index (χ3v) is 2.77. The molecule has 0 bridgehead atoms. The van der Waals surface area contributed by atoms with Crippen molar-refractivity contribution in [2.24, 2.45) is 11.7 Å². The van der Waals surface area contributed by atoms with Gasteiger partial charge in [-0.2, -0.15) is 0 Å². The summed E-state index contributed by atoms with van der Waals surface area (Å²) in [5.74, 6) is -1.17. The fraction of sp³-hybridized carbons (Fsp3) is 0.385. The van der Waals surface area contributed by atoms with Gasteiger partial charge in [0.05, 0.1) is 4.92 Å². The van der Waals surface area contributed by atoms with Crippen LogP contribution < -0.4 is 11.1 Å². The fourth-order valence-electron chi connectivity index (χ4n) is 1.55. The van der Waals surface area contributed by atoms with Gasteiger partial charge in [0.2, 0.25) is 11.8 Å². The van der Waals surface area contributed by atoms with E-state index in [0.29, 0.717) is 5.56 Å². The van der Waals surface area contributed by atoms with Gasteiger partial charge in [-0.15, -0.1) is 0 Å². The van der Waals surface area contributed by atoms with E-state index >= 15 is 0 Å². The van der Waals surface area contributed by atoms with Crippen molar-refractivity contribution in [1.29, 1.82) is 0 Å². The Balaban J connectivity index is 2.78. The summed E-state index contributed by atoms with van der Waals surface area (Å²) in [5, 5.41) is 13.1. The van der Waals surface area contributed by atoms with Gasteiger partial charge < -0.3 is 11.1 Å². The van der Waals surface area contributed by atoms with Gasteiger partial charge >= 0.3 is 0 Å². The Morgan fingerprint density at radius 2 is 1.85 bits per heavy atom. The van der Waals surface area contributed by atoms with Crippen LogP contribution in [0.15, 0.2) is 24.3 Å². The molecule has 3 N–H and O–H groups in total. The smallest absolute Gasteiger partial charge is 0.269 e. The molecule has 0 saturated heterocycles. The lowest BCUT2D eigenvalue weighted by atomic mass is 10.0. The first kappa shape index (κ1) is 15.6. The average molecular weight is 279 g/mol. The molecule has 0 fully saturated rings. The van der Waals surface area contributed by atoms with Crippen LogP contribution in [0.25, 0.3) is 0 Å². The first-order valence-corrected chi connectivity index (χ1v) is 6.14. The summed E-state index contributed by atoms with van der Waals surface area (Å²) in [5.41, 5.74) is 5.90. The fourth-order valence-corrected chi connectivity index (χ4v) is 1.55. The van der Waals surface area contributed by atoms with Gasteiger partial charge in [-0.25, -0.2) is 0 Å². The van der Waals surface area contributed by atoms with Crippen LogP contribution >= 0.6 is 0 Å². The number of nitro benzene ring substituents is 1. The molecule has 0 unspecified atom stereocenters. The van der Waals surface area contributed by atoms with Crippen LogP contribution in [0.3, 0.4) is 0 Å². The maximum absolute atomic E-state index is 11.6. The monoisotopic (exact) mass is 279 g/mol. The zero-order valence-electron chi connectivity index (χ0n) is 11.3. The minimum absolute atomic E-state index is 0.0319. The Labute approximate surface area is 116 Å². The highest BCUT2D eigenvalue weighted by Gasteiger charge is 2.20. The van der Waals surface area contributed by atoms with Gasteiger partial charge in [0.1, 0.15) is 6.04 Å². The van der Waals surface area contributed by atoms with Crippen molar-refractivity contribution in [3.05, 3.63) is 39.9 Å². The molecule has 0 radical (unpaired) electrons. The average Bonchev–Trinajstić information content (AvgIpc) is 2.38. The van der Waals surface area contributed by atoms with Gasteiger partial charge in [0, 0.05) is 24.5 Å². The molecule has 108 valence electrons. The highest BCUT2D eigenvalue weighted by atomic mass is 16.6. The summed E-state index contributed by atoms with van der Waals surface area (Å²) in [6.45, 7) is 3.42. The molecule has 1 rings (SSSR count). The number of rotatable bonds is 6. The summed E-state index contributed by atoms with van der Waals surface area (Å²) < 4.78 is 0. The summed E-state index contributed by atoms with van der Waals surface area (Å²) in [6, 6.07) is 4.94. The van der Waals surface area contributed by atoms with E-state index in [0.717, 1.165) is 0 Å². The van der Waals surface area contributed by atoms with E-state index in [2.05, 4.69) is 5.32 Å². The second-order valence-corrected chi connectivity index (χ2v) is 4.75. The van der Waals surface area contributed by atoms with Crippen LogP contribution in [0.2, 0.25) is 0 Å². The minimum atomic E-state index is -0.827. The molecular weight excluding hydrogens is 262 g/mol.